The molecule has 1 atom stereocenters. The van der Waals surface area contributed by atoms with E-state index in [1.54, 1.807) is 35.6 Å². The first kappa shape index (κ1) is 34.1. The van der Waals surface area contributed by atoms with Crippen molar-refractivity contribution in [3.63, 3.8) is 0 Å². The molecule has 2 aromatic heterocycles. The van der Waals surface area contributed by atoms with E-state index in [4.69, 9.17) is 9.47 Å². The molecule has 0 bridgehead atoms. The summed E-state index contributed by atoms with van der Waals surface area (Å²) in [5.41, 5.74) is 2.39. The highest BCUT2D eigenvalue weighted by Crippen LogP contribution is 2.44. The van der Waals surface area contributed by atoms with Gasteiger partial charge in [-0.2, -0.15) is 0 Å². The summed E-state index contributed by atoms with van der Waals surface area (Å²) in [6.45, 7) is 6.39. The second-order valence-electron chi connectivity index (χ2n) is 12.6. The molecule has 6 heteroatoms. The summed E-state index contributed by atoms with van der Waals surface area (Å²) in [5.74, 6) is -0.364. The first-order valence-corrected chi connectivity index (χ1v) is 19.0. The quantitative estimate of drug-likeness (QED) is 0.0535. The molecule has 0 unspecified atom stereocenters. The maximum atomic E-state index is 13.1. The topological polar surface area (TPSA) is 52.6 Å². The average Bonchev–Trinajstić information content (AvgIpc) is 3.59. The van der Waals surface area contributed by atoms with Crippen molar-refractivity contribution < 1.29 is 19.1 Å². The molecule has 0 N–H and O–H groups in total. The van der Waals surface area contributed by atoms with E-state index in [0.717, 1.165) is 30.4 Å². The summed E-state index contributed by atoms with van der Waals surface area (Å²) >= 11 is 3.60. The van der Waals surface area contributed by atoms with Gasteiger partial charge in [0, 0.05) is 20.2 Å². The zero-order chi connectivity index (χ0) is 32.3. The van der Waals surface area contributed by atoms with E-state index in [2.05, 4.69) is 32.0 Å². The van der Waals surface area contributed by atoms with Crippen molar-refractivity contribution in [1.29, 1.82) is 0 Å². The van der Waals surface area contributed by atoms with Crippen molar-refractivity contribution in [1.82, 2.24) is 0 Å². The second kappa shape index (κ2) is 17.1. The van der Waals surface area contributed by atoms with Gasteiger partial charge in [-0.3, -0.25) is 0 Å². The molecule has 0 radical (unpaired) electrons. The fraction of sp³-hybridized carbons (Fsp3) is 0.450. The lowest BCUT2D eigenvalue weighted by molar-refractivity contribution is 0.0319. The van der Waals surface area contributed by atoms with Gasteiger partial charge in [0.2, 0.25) is 0 Å². The van der Waals surface area contributed by atoms with Crippen LogP contribution in [0.2, 0.25) is 0 Å². The minimum atomic E-state index is -0.412. The summed E-state index contributed by atoms with van der Waals surface area (Å²) in [7, 11) is 0. The van der Waals surface area contributed by atoms with Crippen molar-refractivity contribution in [3.8, 4) is 5.75 Å². The normalized spacial score (nSPS) is 12.2. The summed E-state index contributed by atoms with van der Waals surface area (Å²) < 4.78 is 16.3. The number of ether oxygens (including phenoxy) is 2. The Morgan fingerprint density at radius 3 is 1.87 bits per heavy atom. The molecule has 0 saturated heterocycles. The number of carbonyl (C=O) groups excluding carboxylic acids is 2. The molecule has 0 amide bonds. The van der Waals surface area contributed by atoms with Crippen LogP contribution in [-0.2, 0) is 11.2 Å². The number of fused-ring (bicyclic) bond motifs is 5. The van der Waals surface area contributed by atoms with Crippen LogP contribution in [0, 0.1) is 0 Å². The van der Waals surface area contributed by atoms with Gasteiger partial charge in [0.1, 0.15) is 5.75 Å². The van der Waals surface area contributed by atoms with Gasteiger partial charge in [0.25, 0.3) is 0 Å². The lowest BCUT2D eigenvalue weighted by atomic mass is 10.0. The Balaban J connectivity index is 1.16. The number of carbonyl (C=O) groups is 2. The largest absolute Gasteiger partial charge is 0.459 e. The molecule has 0 spiro atoms. The molecule has 0 fully saturated rings. The van der Waals surface area contributed by atoms with Gasteiger partial charge < -0.3 is 9.47 Å². The highest BCUT2D eigenvalue weighted by Gasteiger charge is 2.17. The minimum Gasteiger partial charge on any atom is -0.459 e. The number of esters is 2. The van der Waals surface area contributed by atoms with Gasteiger partial charge in [-0.15, -0.1) is 22.7 Å². The monoisotopic (exact) mass is 656 g/mol. The van der Waals surface area contributed by atoms with Gasteiger partial charge in [0.05, 0.1) is 26.6 Å². The summed E-state index contributed by atoms with van der Waals surface area (Å²) in [6.07, 6.45) is 17.3. The maximum absolute atomic E-state index is 13.1. The smallest absolute Gasteiger partial charge is 0.343 e. The predicted octanol–water partition coefficient (Wildman–Crippen LogP) is 12.7. The van der Waals surface area contributed by atoms with Gasteiger partial charge >= 0.3 is 11.9 Å². The molecule has 244 valence electrons. The van der Waals surface area contributed by atoms with E-state index < -0.39 is 5.97 Å². The van der Waals surface area contributed by atoms with Crippen molar-refractivity contribution in [2.45, 2.75) is 117 Å². The van der Waals surface area contributed by atoms with Gasteiger partial charge in [-0.1, -0.05) is 96.3 Å². The van der Waals surface area contributed by atoms with Gasteiger partial charge in [0.15, 0.2) is 0 Å². The van der Waals surface area contributed by atoms with Crippen LogP contribution >= 0.6 is 22.7 Å². The third kappa shape index (κ3) is 8.98. The Morgan fingerprint density at radius 2 is 1.20 bits per heavy atom. The van der Waals surface area contributed by atoms with Crippen LogP contribution in [0.4, 0.5) is 0 Å². The standard InChI is InChI=1S/C40H48O4S2/c1-4-6-8-10-11-12-13-15-17-29-18-24-33-35(26-29)45-38-34-25-21-31(27-36(34)46-37(33)38)40(42)44-32-22-19-30(20-23-32)39(41)43-28(3)16-14-9-7-5-2/h18-28H,4-17H2,1-3H3/t28-/m0/s1. The molecule has 0 saturated carbocycles. The van der Waals surface area contributed by atoms with Crippen LogP contribution in [0.5, 0.6) is 5.75 Å². The fourth-order valence-electron chi connectivity index (χ4n) is 6.04. The van der Waals surface area contributed by atoms with E-state index >= 15 is 0 Å². The molecule has 0 aliphatic carbocycles. The molecule has 2 heterocycles. The van der Waals surface area contributed by atoms with E-state index in [-0.39, 0.29) is 12.1 Å². The molecular formula is C40H48O4S2. The highest BCUT2D eigenvalue weighted by atomic mass is 32.1. The predicted molar refractivity (Wildman–Crippen MR) is 196 cm³/mol. The number of hydrogen-bond donors (Lipinski definition) is 0. The van der Waals surface area contributed by atoms with Crippen LogP contribution in [0.1, 0.15) is 131 Å². The van der Waals surface area contributed by atoms with Crippen LogP contribution in [0.3, 0.4) is 0 Å². The Labute approximate surface area is 282 Å². The maximum Gasteiger partial charge on any atom is 0.343 e. The number of rotatable bonds is 18. The summed E-state index contributed by atoms with van der Waals surface area (Å²) in [5, 5.41) is 2.49. The molecule has 46 heavy (non-hydrogen) atoms. The van der Waals surface area contributed by atoms with Crippen molar-refractivity contribution in [2.24, 2.45) is 0 Å². The Hall–Kier alpha value is -3.22. The zero-order valence-corrected chi connectivity index (χ0v) is 29.3. The lowest BCUT2D eigenvalue weighted by Gasteiger charge is -2.13. The van der Waals surface area contributed by atoms with Crippen LogP contribution in [-0.4, -0.2) is 18.0 Å². The molecule has 5 rings (SSSR count). The highest BCUT2D eigenvalue weighted by molar-refractivity contribution is 7.36. The van der Waals surface area contributed by atoms with Gasteiger partial charge in [-0.25, -0.2) is 9.59 Å². The molecule has 3 aromatic carbocycles. The van der Waals surface area contributed by atoms with Crippen LogP contribution in [0.25, 0.3) is 29.6 Å². The summed E-state index contributed by atoms with van der Waals surface area (Å²) in [6, 6.07) is 19.4. The van der Waals surface area contributed by atoms with E-state index in [1.807, 2.05) is 36.5 Å². The molecule has 0 aliphatic heterocycles. The van der Waals surface area contributed by atoms with Crippen molar-refractivity contribution in [3.05, 3.63) is 77.4 Å². The second-order valence-corrected chi connectivity index (χ2v) is 14.7. The lowest BCUT2D eigenvalue weighted by Crippen LogP contribution is -2.15. The molecule has 4 nitrogen and oxygen atoms in total. The van der Waals surface area contributed by atoms with E-state index in [9.17, 15) is 9.59 Å². The first-order valence-electron chi connectivity index (χ1n) is 17.4. The number of thiophene rings is 2. The van der Waals surface area contributed by atoms with E-state index in [1.165, 1.54) is 94.6 Å². The zero-order valence-electron chi connectivity index (χ0n) is 27.7. The van der Waals surface area contributed by atoms with Crippen LogP contribution in [0.15, 0.2) is 60.7 Å². The summed E-state index contributed by atoms with van der Waals surface area (Å²) in [4.78, 5) is 25.6. The van der Waals surface area contributed by atoms with Gasteiger partial charge in [-0.05, 0) is 80.6 Å². The number of hydrogen-bond acceptors (Lipinski definition) is 6. The number of unbranched alkanes of at least 4 members (excludes halogenated alkanes) is 10. The molecule has 5 aromatic rings. The van der Waals surface area contributed by atoms with Crippen LogP contribution < -0.4 is 4.74 Å². The Kier molecular flexibility index (Phi) is 12.7. The van der Waals surface area contributed by atoms with Crippen molar-refractivity contribution in [2.75, 3.05) is 0 Å². The fourth-order valence-corrected chi connectivity index (χ4v) is 8.80. The minimum absolute atomic E-state index is 0.121. The molecule has 0 aliphatic rings. The first-order chi connectivity index (χ1) is 22.5. The third-order valence-corrected chi connectivity index (χ3v) is 11.3. The average molecular weight is 657 g/mol. The molecular weight excluding hydrogens is 609 g/mol. The third-order valence-electron chi connectivity index (χ3n) is 8.77. The number of aryl methyl sites for hydroxylation is 1. The van der Waals surface area contributed by atoms with Crippen molar-refractivity contribution >= 4 is 64.2 Å². The van der Waals surface area contributed by atoms with E-state index in [0.29, 0.717) is 16.9 Å². The Morgan fingerprint density at radius 1 is 0.630 bits per heavy atom. The number of benzene rings is 3. The Bertz CT molecular complexity index is 1730. The SMILES string of the molecule is CCCCCCCCCCc1ccc2c(c1)sc1c3ccc(C(=O)Oc4ccc(C(=O)O[C@@H](C)CCCCCC)cc4)cc3sc21.